The smallest absolute Gasteiger partial charge is 0.224 e. The lowest BCUT2D eigenvalue weighted by molar-refractivity contribution is -0.116. The highest BCUT2D eigenvalue weighted by Crippen LogP contribution is 2.30. The summed E-state index contributed by atoms with van der Waals surface area (Å²) in [5.41, 5.74) is 0.691. The first-order valence-corrected chi connectivity index (χ1v) is 7.44. The molecule has 5 nitrogen and oxygen atoms in total. The zero-order valence-electron chi connectivity index (χ0n) is 12.9. The molecule has 0 aliphatic carbocycles. The molecule has 1 aromatic heterocycles. The Kier molecular flexibility index (Phi) is 5.89. The molecule has 0 bridgehead atoms. The fourth-order valence-corrected chi connectivity index (χ4v) is 2.04. The number of furan rings is 1. The molecule has 2 aromatic rings. The highest BCUT2D eigenvalue weighted by molar-refractivity contribution is 5.91. The highest BCUT2D eigenvalue weighted by atomic mass is 16.5. The molecule has 1 aromatic carbocycles. The Labute approximate surface area is 130 Å². The van der Waals surface area contributed by atoms with Crippen LogP contribution in [0.3, 0.4) is 0 Å². The van der Waals surface area contributed by atoms with E-state index in [0.29, 0.717) is 43.2 Å². The minimum Gasteiger partial charge on any atom is -0.490 e. The van der Waals surface area contributed by atoms with Crippen LogP contribution < -0.4 is 14.8 Å². The van der Waals surface area contributed by atoms with Crippen molar-refractivity contribution in [2.45, 2.75) is 26.7 Å². The van der Waals surface area contributed by atoms with Crippen molar-refractivity contribution in [1.82, 2.24) is 0 Å². The third-order valence-electron chi connectivity index (χ3n) is 3.01. The summed E-state index contributed by atoms with van der Waals surface area (Å²) in [7, 11) is 0. The number of nitrogens with one attached hydrogen (secondary N) is 1. The maximum atomic E-state index is 12.0. The van der Waals surface area contributed by atoms with Crippen LogP contribution in [0.15, 0.2) is 41.0 Å². The van der Waals surface area contributed by atoms with E-state index in [1.54, 1.807) is 24.5 Å². The number of anilines is 1. The highest BCUT2D eigenvalue weighted by Gasteiger charge is 2.09. The minimum absolute atomic E-state index is 0.0667. The Bertz CT molecular complexity index is 593. The summed E-state index contributed by atoms with van der Waals surface area (Å²) in [4.78, 5) is 12.0. The topological polar surface area (TPSA) is 60.7 Å². The van der Waals surface area contributed by atoms with Gasteiger partial charge >= 0.3 is 0 Å². The van der Waals surface area contributed by atoms with Crippen LogP contribution >= 0.6 is 0 Å². The molecule has 5 heteroatoms. The summed E-state index contributed by atoms with van der Waals surface area (Å²) in [5, 5.41) is 2.86. The van der Waals surface area contributed by atoms with Gasteiger partial charge in [-0.15, -0.1) is 0 Å². The molecule has 118 valence electrons. The van der Waals surface area contributed by atoms with Gasteiger partial charge in [-0.3, -0.25) is 4.79 Å². The van der Waals surface area contributed by atoms with Crippen molar-refractivity contribution in [2.75, 3.05) is 18.5 Å². The molecule has 22 heavy (non-hydrogen) atoms. The number of carbonyl (C=O) groups excluding carboxylic acids is 1. The van der Waals surface area contributed by atoms with E-state index in [2.05, 4.69) is 5.32 Å². The second-order valence-corrected chi connectivity index (χ2v) is 4.66. The number of carbonyl (C=O) groups is 1. The molecule has 0 aliphatic rings. The lowest BCUT2D eigenvalue weighted by atomic mass is 10.2. The van der Waals surface area contributed by atoms with E-state index in [9.17, 15) is 4.79 Å². The summed E-state index contributed by atoms with van der Waals surface area (Å²) in [5.74, 6) is 2.05. The van der Waals surface area contributed by atoms with Crippen LogP contribution in [0.2, 0.25) is 0 Å². The molecule has 0 spiro atoms. The molecule has 0 atom stereocenters. The predicted octanol–water partition coefficient (Wildman–Crippen LogP) is 3.65. The van der Waals surface area contributed by atoms with E-state index in [-0.39, 0.29) is 5.91 Å². The van der Waals surface area contributed by atoms with E-state index in [0.717, 1.165) is 5.76 Å². The van der Waals surface area contributed by atoms with Gasteiger partial charge in [0.05, 0.1) is 19.5 Å². The zero-order valence-corrected chi connectivity index (χ0v) is 12.9. The number of aryl methyl sites for hydroxylation is 1. The van der Waals surface area contributed by atoms with Gasteiger partial charge in [0.15, 0.2) is 11.5 Å². The van der Waals surface area contributed by atoms with Gasteiger partial charge in [-0.05, 0) is 38.1 Å². The fraction of sp³-hybridized carbons (Fsp3) is 0.353. The van der Waals surface area contributed by atoms with Crippen molar-refractivity contribution < 1.29 is 18.7 Å². The molecular formula is C17H21NO4. The van der Waals surface area contributed by atoms with Gasteiger partial charge in [0.25, 0.3) is 0 Å². The van der Waals surface area contributed by atoms with Crippen LogP contribution in [0.5, 0.6) is 11.5 Å². The summed E-state index contributed by atoms with van der Waals surface area (Å²) in [6.07, 6.45) is 2.55. The van der Waals surface area contributed by atoms with Crippen LogP contribution in [-0.4, -0.2) is 19.1 Å². The van der Waals surface area contributed by atoms with Crippen LogP contribution in [0.4, 0.5) is 5.69 Å². The molecule has 1 N–H and O–H groups in total. The SMILES string of the molecule is CCOc1ccc(NC(=O)CCc2ccco2)cc1OCC. The number of ether oxygens (including phenoxy) is 2. The molecule has 0 aliphatic heterocycles. The third-order valence-corrected chi connectivity index (χ3v) is 3.01. The van der Waals surface area contributed by atoms with E-state index < -0.39 is 0 Å². The number of hydrogen-bond donors (Lipinski definition) is 1. The van der Waals surface area contributed by atoms with Crippen molar-refractivity contribution in [2.24, 2.45) is 0 Å². The van der Waals surface area contributed by atoms with E-state index in [1.807, 2.05) is 26.0 Å². The first-order chi connectivity index (χ1) is 10.7. The van der Waals surface area contributed by atoms with Crippen LogP contribution in [-0.2, 0) is 11.2 Å². The first-order valence-electron chi connectivity index (χ1n) is 7.44. The lowest BCUT2D eigenvalue weighted by Gasteiger charge is -2.13. The Morgan fingerprint density at radius 3 is 2.59 bits per heavy atom. The predicted molar refractivity (Wildman–Crippen MR) is 84.4 cm³/mol. The molecule has 0 saturated carbocycles. The minimum atomic E-state index is -0.0667. The largest absolute Gasteiger partial charge is 0.490 e. The van der Waals surface area contributed by atoms with E-state index in [1.165, 1.54) is 0 Å². The average molecular weight is 303 g/mol. The Morgan fingerprint density at radius 1 is 1.14 bits per heavy atom. The van der Waals surface area contributed by atoms with Crippen molar-refractivity contribution >= 4 is 11.6 Å². The number of hydrogen-bond acceptors (Lipinski definition) is 4. The maximum Gasteiger partial charge on any atom is 0.224 e. The summed E-state index contributed by atoms with van der Waals surface area (Å²) >= 11 is 0. The number of amides is 1. The van der Waals surface area contributed by atoms with Gasteiger partial charge in [-0.25, -0.2) is 0 Å². The number of rotatable bonds is 8. The monoisotopic (exact) mass is 303 g/mol. The third kappa shape index (κ3) is 4.55. The molecule has 1 heterocycles. The molecule has 0 saturated heterocycles. The summed E-state index contributed by atoms with van der Waals surface area (Å²) < 4.78 is 16.2. The quantitative estimate of drug-likeness (QED) is 0.808. The molecule has 0 unspecified atom stereocenters. The molecule has 0 fully saturated rings. The Hall–Kier alpha value is -2.43. The van der Waals surface area contributed by atoms with Crippen molar-refractivity contribution in [3.8, 4) is 11.5 Å². The molecular weight excluding hydrogens is 282 g/mol. The van der Waals surface area contributed by atoms with Crippen molar-refractivity contribution in [3.63, 3.8) is 0 Å². The average Bonchev–Trinajstić information content (AvgIpc) is 3.02. The van der Waals surface area contributed by atoms with Gasteiger partial charge in [0.1, 0.15) is 5.76 Å². The van der Waals surface area contributed by atoms with E-state index >= 15 is 0 Å². The van der Waals surface area contributed by atoms with Gasteiger partial charge in [-0.2, -0.15) is 0 Å². The van der Waals surface area contributed by atoms with Crippen LogP contribution in [0.1, 0.15) is 26.0 Å². The van der Waals surface area contributed by atoms with Gasteiger partial charge in [-0.1, -0.05) is 0 Å². The normalized spacial score (nSPS) is 10.3. The zero-order chi connectivity index (χ0) is 15.8. The number of benzene rings is 1. The second-order valence-electron chi connectivity index (χ2n) is 4.66. The molecule has 1 amide bonds. The lowest BCUT2D eigenvalue weighted by Crippen LogP contribution is -2.12. The van der Waals surface area contributed by atoms with Crippen LogP contribution in [0, 0.1) is 0 Å². The van der Waals surface area contributed by atoms with Crippen molar-refractivity contribution in [3.05, 3.63) is 42.4 Å². The fourth-order valence-electron chi connectivity index (χ4n) is 2.04. The van der Waals surface area contributed by atoms with Gasteiger partial charge < -0.3 is 19.2 Å². The van der Waals surface area contributed by atoms with Crippen LogP contribution in [0.25, 0.3) is 0 Å². The van der Waals surface area contributed by atoms with E-state index in [4.69, 9.17) is 13.9 Å². The molecule has 0 radical (unpaired) electrons. The molecule has 2 rings (SSSR count). The first kappa shape index (κ1) is 15.9. The summed E-state index contributed by atoms with van der Waals surface area (Å²) in [6.45, 7) is 4.93. The van der Waals surface area contributed by atoms with Gasteiger partial charge in [0, 0.05) is 24.6 Å². The Morgan fingerprint density at radius 2 is 1.91 bits per heavy atom. The maximum absolute atomic E-state index is 12.0. The second kappa shape index (κ2) is 8.12. The summed E-state index contributed by atoms with van der Waals surface area (Å²) in [6, 6.07) is 9.06. The van der Waals surface area contributed by atoms with Gasteiger partial charge in [0.2, 0.25) is 5.91 Å². The Balaban J connectivity index is 1.96. The van der Waals surface area contributed by atoms with Crippen molar-refractivity contribution in [1.29, 1.82) is 0 Å². The standard InChI is InChI=1S/C17H21NO4/c1-3-20-15-9-7-13(12-16(15)21-4-2)18-17(19)10-8-14-6-5-11-22-14/h5-7,9,11-12H,3-4,8,10H2,1-2H3,(H,18,19).